The van der Waals surface area contributed by atoms with Gasteiger partial charge in [-0.05, 0) is 56.0 Å². The summed E-state index contributed by atoms with van der Waals surface area (Å²) in [5.74, 6) is -0.123. The molecule has 0 amide bonds. The number of aromatic amines is 1. The van der Waals surface area contributed by atoms with Crippen molar-refractivity contribution in [3.8, 4) is 34.0 Å². The predicted molar refractivity (Wildman–Crippen MR) is 158 cm³/mol. The summed E-state index contributed by atoms with van der Waals surface area (Å²) in [6.45, 7) is 7.63. The Bertz CT molecular complexity index is 1920. The summed E-state index contributed by atoms with van der Waals surface area (Å²) in [7, 11) is 0. The second-order valence-electron chi connectivity index (χ2n) is 11.3. The van der Waals surface area contributed by atoms with Gasteiger partial charge in [0.25, 0.3) is 5.56 Å². The monoisotopic (exact) mass is 566 g/mol. The maximum Gasteiger partial charge on any atom is 0.439 e. The van der Waals surface area contributed by atoms with E-state index in [0.717, 1.165) is 28.7 Å². The fourth-order valence-electron chi connectivity index (χ4n) is 5.74. The average Bonchev–Trinajstić information content (AvgIpc) is 3.53. The number of H-pyrrole nitrogens is 1. The van der Waals surface area contributed by atoms with Crippen molar-refractivity contribution < 1.29 is 13.7 Å². The van der Waals surface area contributed by atoms with Crippen LogP contribution in [0.1, 0.15) is 55.4 Å². The lowest BCUT2D eigenvalue weighted by molar-refractivity contribution is 0.133. The average molecular weight is 567 g/mol. The van der Waals surface area contributed by atoms with Crippen LogP contribution in [0.5, 0.6) is 5.75 Å². The van der Waals surface area contributed by atoms with Crippen LogP contribution in [-0.4, -0.2) is 25.3 Å². The Labute approximate surface area is 241 Å². The van der Waals surface area contributed by atoms with Gasteiger partial charge in [-0.1, -0.05) is 61.0 Å². The minimum absolute atomic E-state index is 0.238. The molecule has 0 aliphatic carbocycles. The van der Waals surface area contributed by atoms with Crippen molar-refractivity contribution in [3.05, 3.63) is 116 Å². The van der Waals surface area contributed by atoms with E-state index < -0.39 is 17.2 Å². The molecule has 0 bridgehead atoms. The summed E-state index contributed by atoms with van der Waals surface area (Å²) < 4.78 is 27.3. The number of fused-ring (bicyclic) bond motifs is 1. The van der Waals surface area contributed by atoms with Gasteiger partial charge in [0.15, 0.2) is 17.4 Å². The van der Waals surface area contributed by atoms with Gasteiger partial charge in [-0.25, -0.2) is 14.2 Å². The van der Waals surface area contributed by atoms with Gasteiger partial charge in [0.05, 0.1) is 11.4 Å². The van der Waals surface area contributed by atoms with Crippen LogP contribution >= 0.6 is 0 Å². The smallest absolute Gasteiger partial charge is 0.439 e. The zero-order valence-electron chi connectivity index (χ0n) is 24.0. The molecule has 3 aromatic carbocycles. The van der Waals surface area contributed by atoms with Crippen LogP contribution in [0, 0.1) is 12.7 Å². The number of hydrogen-bond donors (Lipinski definition) is 1. The van der Waals surface area contributed by atoms with Gasteiger partial charge < -0.3 is 4.74 Å². The van der Waals surface area contributed by atoms with Gasteiger partial charge in [0.1, 0.15) is 11.4 Å². The maximum absolute atomic E-state index is 15.2. The summed E-state index contributed by atoms with van der Waals surface area (Å²) in [5, 5.41) is 3.93. The quantitative estimate of drug-likeness (QED) is 0.261. The van der Waals surface area contributed by atoms with Crippen molar-refractivity contribution in [1.82, 2.24) is 19.7 Å². The number of rotatable bonds is 7. The van der Waals surface area contributed by atoms with E-state index in [0.29, 0.717) is 47.0 Å². The molecule has 0 radical (unpaired) electrons. The van der Waals surface area contributed by atoms with Crippen molar-refractivity contribution in [2.45, 2.75) is 59.0 Å². The van der Waals surface area contributed by atoms with E-state index in [1.807, 2.05) is 75.4 Å². The van der Waals surface area contributed by atoms with E-state index in [4.69, 9.17) is 14.2 Å². The molecule has 8 nitrogen and oxygen atoms in total. The minimum Gasteiger partial charge on any atom is -0.484 e. The van der Waals surface area contributed by atoms with Gasteiger partial charge in [-0.3, -0.25) is 18.9 Å². The number of aromatic nitrogens is 4. The van der Waals surface area contributed by atoms with Crippen molar-refractivity contribution >= 4 is 0 Å². The van der Waals surface area contributed by atoms with Gasteiger partial charge in [-0.2, -0.15) is 0 Å². The topological polar surface area (TPSA) is 103 Å². The van der Waals surface area contributed by atoms with Crippen LogP contribution in [0.3, 0.4) is 0 Å². The van der Waals surface area contributed by atoms with Crippen molar-refractivity contribution in [3.63, 3.8) is 0 Å². The first-order valence-corrected chi connectivity index (χ1v) is 14.0. The largest absolute Gasteiger partial charge is 0.484 e. The molecule has 0 saturated heterocycles. The first kappa shape index (κ1) is 27.4. The molecule has 3 heterocycles. The first-order valence-electron chi connectivity index (χ1n) is 14.0. The van der Waals surface area contributed by atoms with Crippen LogP contribution in [0.15, 0.2) is 74.8 Å². The molecule has 0 spiro atoms. The molecule has 0 atom stereocenters. The normalized spacial score (nSPS) is 13.6. The van der Waals surface area contributed by atoms with E-state index in [1.165, 1.54) is 10.6 Å². The Morgan fingerprint density at radius 2 is 1.83 bits per heavy atom. The Balaban J connectivity index is 1.47. The lowest BCUT2D eigenvalue weighted by atomic mass is 9.94. The van der Waals surface area contributed by atoms with Crippen LogP contribution in [0.2, 0.25) is 0 Å². The number of nitrogens with one attached hydrogen (secondary N) is 1. The van der Waals surface area contributed by atoms with Crippen LogP contribution < -0.4 is 16.1 Å². The predicted octanol–water partition coefficient (Wildman–Crippen LogP) is 5.95. The highest BCUT2D eigenvalue weighted by Gasteiger charge is 2.33. The molecule has 42 heavy (non-hydrogen) atoms. The lowest BCUT2D eigenvalue weighted by Gasteiger charge is -2.17. The zero-order chi connectivity index (χ0) is 29.6. The number of nitrogens with zero attached hydrogens (tertiary/aromatic N) is 3. The Hall–Kier alpha value is -4.79. The molecule has 1 aliphatic rings. The molecule has 0 fully saturated rings. The van der Waals surface area contributed by atoms with Gasteiger partial charge in [-0.15, -0.1) is 0 Å². The minimum atomic E-state index is -0.652. The van der Waals surface area contributed by atoms with Crippen LogP contribution in [-0.2, 0) is 19.3 Å². The number of hydrogen-bond acceptors (Lipinski definition) is 6. The molecule has 1 N–H and O–H groups in total. The van der Waals surface area contributed by atoms with E-state index in [1.54, 1.807) is 6.92 Å². The highest BCUT2D eigenvalue weighted by atomic mass is 19.1. The highest BCUT2D eigenvalue weighted by molar-refractivity contribution is 5.81. The molecule has 214 valence electrons. The molecule has 1 aliphatic heterocycles. The van der Waals surface area contributed by atoms with Gasteiger partial charge in [0, 0.05) is 35.6 Å². The fourth-order valence-corrected chi connectivity index (χ4v) is 5.74. The zero-order valence-corrected chi connectivity index (χ0v) is 24.0. The summed E-state index contributed by atoms with van der Waals surface area (Å²) in [4.78, 5) is 33.5. The summed E-state index contributed by atoms with van der Waals surface area (Å²) in [5.41, 5.74) is 4.94. The molecule has 2 aromatic heterocycles. The molecule has 0 unspecified atom stereocenters. The van der Waals surface area contributed by atoms with E-state index in [-0.39, 0.29) is 17.7 Å². The third-order valence-electron chi connectivity index (χ3n) is 7.52. The fraction of sp³-hybridized carbons (Fsp3) is 0.273. The summed E-state index contributed by atoms with van der Waals surface area (Å²) >= 11 is 0. The SMILES string of the molecule is CCCc1nc(C)n(-c2cc(F)c3c(c2)CC(C)(C)O3)c(=O)c1Cc1ccc(-c2ccccc2)c(-c2noc(=O)[nH]2)c1. The third kappa shape index (κ3) is 5.06. The van der Waals surface area contributed by atoms with E-state index in [2.05, 4.69) is 10.1 Å². The molecule has 5 aromatic rings. The number of aryl methyl sites for hydroxylation is 2. The highest BCUT2D eigenvalue weighted by Crippen LogP contribution is 2.38. The third-order valence-corrected chi connectivity index (χ3v) is 7.52. The molecular weight excluding hydrogens is 535 g/mol. The first-order chi connectivity index (χ1) is 20.1. The van der Waals surface area contributed by atoms with Crippen molar-refractivity contribution in [2.24, 2.45) is 0 Å². The lowest BCUT2D eigenvalue weighted by Crippen LogP contribution is -2.28. The molecule has 6 rings (SSSR count). The Morgan fingerprint density at radius 3 is 2.55 bits per heavy atom. The second kappa shape index (κ2) is 10.6. The van der Waals surface area contributed by atoms with Gasteiger partial charge in [0.2, 0.25) is 0 Å². The van der Waals surface area contributed by atoms with Crippen LogP contribution in [0.25, 0.3) is 28.2 Å². The summed E-state index contributed by atoms with van der Waals surface area (Å²) in [6.07, 6.45) is 2.25. The van der Waals surface area contributed by atoms with Crippen LogP contribution in [0.4, 0.5) is 4.39 Å². The van der Waals surface area contributed by atoms with E-state index in [9.17, 15) is 9.59 Å². The Kier molecular flexibility index (Phi) is 6.88. The maximum atomic E-state index is 15.2. The molecular formula is C33H31FN4O4. The molecule has 9 heteroatoms. The van der Waals surface area contributed by atoms with Crippen molar-refractivity contribution in [1.29, 1.82) is 0 Å². The standard InChI is InChI=1S/C33H31FN4O4/c1-5-9-28-26(31(39)38(19(2)35-28)23-16-22-18-33(3,4)41-29(22)27(34)17-23)15-20-12-13-24(21-10-7-6-8-11-21)25(14-20)30-36-32(40)42-37-30/h6-8,10-14,16-17H,5,9,15,18H2,1-4H3,(H,36,37,40). The van der Waals surface area contributed by atoms with E-state index >= 15 is 4.39 Å². The number of benzene rings is 3. The Morgan fingerprint density at radius 1 is 1.05 bits per heavy atom. The van der Waals surface area contributed by atoms with Gasteiger partial charge >= 0.3 is 5.76 Å². The van der Waals surface area contributed by atoms with Crippen molar-refractivity contribution in [2.75, 3.05) is 0 Å². The second-order valence-corrected chi connectivity index (χ2v) is 11.3. The summed E-state index contributed by atoms with van der Waals surface area (Å²) in [6, 6.07) is 18.7. The number of ether oxygens (including phenoxy) is 1. The molecule has 0 saturated carbocycles. The number of halogens is 1.